The second-order valence-corrected chi connectivity index (χ2v) is 12.1. The number of unbranched alkanes of at least 4 members (excludes halogenated alkanes) is 12. The molecule has 3 unspecified atom stereocenters. The van der Waals surface area contributed by atoms with Gasteiger partial charge in [0.15, 0.2) is 0 Å². The third kappa shape index (κ3) is 20.2. The van der Waals surface area contributed by atoms with Crippen LogP contribution < -0.4 is 0 Å². The molecule has 0 heterocycles. The van der Waals surface area contributed by atoms with Crippen molar-refractivity contribution >= 4 is 0 Å². The van der Waals surface area contributed by atoms with Gasteiger partial charge in [0.05, 0.1) is 0 Å². The molecule has 1 heteroatoms. The van der Waals surface area contributed by atoms with Gasteiger partial charge in [0, 0.05) is 12.1 Å². The Balaban J connectivity index is 3.78. The Labute approximate surface area is 218 Å². The van der Waals surface area contributed by atoms with E-state index in [4.69, 9.17) is 0 Å². The van der Waals surface area contributed by atoms with Gasteiger partial charge in [0.2, 0.25) is 0 Å². The van der Waals surface area contributed by atoms with Gasteiger partial charge in [-0.1, -0.05) is 150 Å². The third-order valence-corrected chi connectivity index (χ3v) is 8.45. The van der Waals surface area contributed by atoms with Crippen molar-refractivity contribution < 1.29 is 0 Å². The van der Waals surface area contributed by atoms with Gasteiger partial charge < -0.3 is 0 Å². The summed E-state index contributed by atoms with van der Waals surface area (Å²) < 4.78 is 0. The smallest absolute Gasteiger partial charge is 0.00671 e. The van der Waals surface area contributed by atoms with Gasteiger partial charge in [0.1, 0.15) is 0 Å². The molecule has 3 atom stereocenters. The van der Waals surface area contributed by atoms with Crippen molar-refractivity contribution in [3.8, 4) is 0 Å². The first kappa shape index (κ1) is 34.0. The standard InChI is InChI=1S/C33H69N/c1-8-11-20-26-33(28-23-19-21-25-30(4)5)27-22-17-15-13-12-14-16-18-24-29-34(31(6)9-2)32(7)10-3/h30-33H,8-29H2,1-7H3. The summed E-state index contributed by atoms with van der Waals surface area (Å²) >= 11 is 0. The molecule has 0 aliphatic heterocycles. The van der Waals surface area contributed by atoms with Crippen LogP contribution in [0.5, 0.6) is 0 Å². The molecule has 1 nitrogen and oxygen atoms in total. The quantitative estimate of drug-likeness (QED) is 0.111. The summed E-state index contributed by atoms with van der Waals surface area (Å²) in [6.45, 7) is 17.9. The molecule has 0 aromatic heterocycles. The second-order valence-electron chi connectivity index (χ2n) is 12.1. The first-order valence-electron chi connectivity index (χ1n) is 16.2. The van der Waals surface area contributed by atoms with Crippen LogP contribution in [0.25, 0.3) is 0 Å². The number of rotatable bonds is 26. The lowest BCUT2D eigenvalue weighted by Gasteiger charge is -2.33. The molecule has 0 N–H and O–H groups in total. The summed E-state index contributed by atoms with van der Waals surface area (Å²) in [5.41, 5.74) is 0. The van der Waals surface area contributed by atoms with Gasteiger partial charge in [-0.2, -0.15) is 0 Å². The van der Waals surface area contributed by atoms with Crippen LogP contribution in [0.3, 0.4) is 0 Å². The van der Waals surface area contributed by atoms with Gasteiger partial charge >= 0.3 is 0 Å². The van der Waals surface area contributed by atoms with Crippen LogP contribution in [0.1, 0.15) is 183 Å². The Morgan fingerprint density at radius 1 is 0.441 bits per heavy atom. The summed E-state index contributed by atoms with van der Waals surface area (Å²) in [7, 11) is 0. The van der Waals surface area contributed by atoms with Crippen LogP contribution in [0.4, 0.5) is 0 Å². The Kier molecular flexibility index (Phi) is 24.6. The molecular formula is C33H69N. The van der Waals surface area contributed by atoms with E-state index in [-0.39, 0.29) is 0 Å². The van der Waals surface area contributed by atoms with Crippen molar-refractivity contribution in [3.63, 3.8) is 0 Å². The highest BCUT2D eigenvalue weighted by Gasteiger charge is 2.16. The first-order chi connectivity index (χ1) is 16.5. The topological polar surface area (TPSA) is 3.24 Å². The Morgan fingerprint density at radius 3 is 1.26 bits per heavy atom. The van der Waals surface area contributed by atoms with Crippen LogP contribution >= 0.6 is 0 Å². The van der Waals surface area contributed by atoms with E-state index in [2.05, 4.69) is 53.4 Å². The highest BCUT2D eigenvalue weighted by atomic mass is 15.2. The molecule has 0 spiro atoms. The molecule has 34 heavy (non-hydrogen) atoms. The van der Waals surface area contributed by atoms with Gasteiger partial charge in [-0.05, 0) is 51.5 Å². The molecule has 0 aromatic rings. The van der Waals surface area contributed by atoms with Crippen molar-refractivity contribution in [1.82, 2.24) is 4.90 Å². The molecule has 0 fully saturated rings. The van der Waals surface area contributed by atoms with Crippen molar-refractivity contribution in [2.75, 3.05) is 6.54 Å². The zero-order valence-electron chi connectivity index (χ0n) is 25.3. The summed E-state index contributed by atoms with van der Waals surface area (Å²) in [5, 5.41) is 0. The first-order valence-corrected chi connectivity index (χ1v) is 16.2. The Hall–Kier alpha value is -0.0400. The predicted molar refractivity (Wildman–Crippen MR) is 158 cm³/mol. The minimum Gasteiger partial charge on any atom is -0.298 e. The molecule has 0 amide bonds. The Morgan fingerprint density at radius 2 is 0.824 bits per heavy atom. The van der Waals surface area contributed by atoms with Crippen LogP contribution in [0.15, 0.2) is 0 Å². The van der Waals surface area contributed by atoms with E-state index in [1.165, 1.54) is 141 Å². The fourth-order valence-corrected chi connectivity index (χ4v) is 5.59. The molecule has 0 radical (unpaired) electrons. The summed E-state index contributed by atoms with van der Waals surface area (Å²) in [6, 6.07) is 1.48. The summed E-state index contributed by atoms with van der Waals surface area (Å²) in [6.07, 6.45) is 30.3. The van der Waals surface area contributed by atoms with Gasteiger partial charge in [-0.15, -0.1) is 0 Å². The zero-order valence-corrected chi connectivity index (χ0v) is 25.3. The van der Waals surface area contributed by atoms with Crippen molar-refractivity contribution in [3.05, 3.63) is 0 Å². The third-order valence-electron chi connectivity index (χ3n) is 8.45. The minimum absolute atomic E-state index is 0.742. The van der Waals surface area contributed by atoms with E-state index in [0.29, 0.717) is 0 Å². The largest absolute Gasteiger partial charge is 0.298 e. The van der Waals surface area contributed by atoms with Crippen LogP contribution in [0.2, 0.25) is 0 Å². The van der Waals surface area contributed by atoms with E-state index in [1.807, 2.05) is 0 Å². The fraction of sp³-hybridized carbons (Fsp3) is 1.00. The SMILES string of the molecule is CCCCCC(CCCCCCCCCCCN(C(C)CC)C(C)CC)CCCCCC(C)C. The van der Waals surface area contributed by atoms with Gasteiger partial charge in [0.25, 0.3) is 0 Å². The molecular weight excluding hydrogens is 410 g/mol. The molecule has 0 aliphatic rings. The minimum atomic E-state index is 0.742. The van der Waals surface area contributed by atoms with E-state index in [0.717, 1.165) is 23.9 Å². The van der Waals surface area contributed by atoms with Gasteiger partial charge in [-0.25, -0.2) is 0 Å². The fourth-order valence-electron chi connectivity index (χ4n) is 5.59. The summed E-state index contributed by atoms with van der Waals surface area (Å²) in [5.74, 6) is 1.91. The molecule has 0 saturated heterocycles. The van der Waals surface area contributed by atoms with Gasteiger partial charge in [-0.3, -0.25) is 4.90 Å². The maximum absolute atomic E-state index is 2.75. The van der Waals surface area contributed by atoms with Crippen LogP contribution in [0, 0.1) is 11.8 Å². The highest BCUT2D eigenvalue weighted by molar-refractivity contribution is 4.72. The average Bonchev–Trinajstić information content (AvgIpc) is 2.83. The number of hydrogen-bond donors (Lipinski definition) is 0. The van der Waals surface area contributed by atoms with E-state index in [1.54, 1.807) is 0 Å². The molecule has 206 valence electrons. The molecule has 0 saturated carbocycles. The second kappa shape index (κ2) is 24.6. The predicted octanol–water partition coefficient (Wildman–Crippen LogP) is 11.6. The molecule has 0 rings (SSSR count). The maximum atomic E-state index is 2.75. The van der Waals surface area contributed by atoms with E-state index in [9.17, 15) is 0 Å². The highest BCUT2D eigenvalue weighted by Crippen LogP contribution is 2.24. The van der Waals surface area contributed by atoms with E-state index >= 15 is 0 Å². The molecule has 0 bridgehead atoms. The van der Waals surface area contributed by atoms with Crippen molar-refractivity contribution in [2.45, 2.75) is 195 Å². The summed E-state index contributed by atoms with van der Waals surface area (Å²) in [4.78, 5) is 2.75. The number of hydrogen-bond acceptors (Lipinski definition) is 1. The Bertz CT molecular complexity index is 380. The lowest BCUT2D eigenvalue weighted by Crippen LogP contribution is -2.40. The molecule has 0 aromatic carbocycles. The van der Waals surface area contributed by atoms with Crippen LogP contribution in [-0.4, -0.2) is 23.5 Å². The van der Waals surface area contributed by atoms with Crippen LogP contribution in [-0.2, 0) is 0 Å². The maximum Gasteiger partial charge on any atom is 0.00671 e. The zero-order chi connectivity index (χ0) is 25.4. The average molecular weight is 480 g/mol. The number of nitrogens with zero attached hydrogens (tertiary/aromatic N) is 1. The molecule has 0 aliphatic carbocycles. The lowest BCUT2D eigenvalue weighted by molar-refractivity contribution is 0.143. The monoisotopic (exact) mass is 480 g/mol. The lowest BCUT2D eigenvalue weighted by atomic mass is 9.89. The van der Waals surface area contributed by atoms with Crippen molar-refractivity contribution in [2.24, 2.45) is 11.8 Å². The van der Waals surface area contributed by atoms with E-state index < -0.39 is 0 Å². The van der Waals surface area contributed by atoms with Crippen molar-refractivity contribution in [1.29, 1.82) is 0 Å². The normalized spacial score (nSPS) is 14.7.